The summed E-state index contributed by atoms with van der Waals surface area (Å²) < 4.78 is 1.61. The van der Waals surface area contributed by atoms with Crippen LogP contribution in [0.15, 0.2) is 25.3 Å². The minimum Gasteiger partial charge on any atom is -0.192 e. The number of terminal acetylenes is 1. The topological polar surface area (TPSA) is 43.1 Å². The molecule has 1 aliphatic rings. The third-order valence-corrected chi connectivity index (χ3v) is 3.57. The average molecular weight is 347 g/mol. The second kappa shape index (κ2) is 12.3. The van der Waals surface area contributed by atoms with Gasteiger partial charge in [0.05, 0.1) is 0 Å². The maximum absolute atomic E-state index is 6.22. The number of rotatable bonds is 2. The lowest BCUT2D eigenvalue weighted by Crippen LogP contribution is -2.11. The fourth-order valence-corrected chi connectivity index (χ4v) is 2.36. The lowest BCUT2D eigenvalue weighted by Gasteiger charge is -2.25. The Bertz CT molecular complexity index is 678. The van der Waals surface area contributed by atoms with Crippen LogP contribution in [0.5, 0.6) is 0 Å². The highest BCUT2D eigenvalue weighted by Crippen LogP contribution is 2.39. The molecule has 0 unspecified atom stereocenters. The van der Waals surface area contributed by atoms with Crippen molar-refractivity contribution in [3.8, 4) is 12.3 Å². The molecule has 3 rings (SSSR count). The Labute approximate surface area is 150 Å². The molecule has 2 aromatic heterocycles. The number of nitrogens with zero attached hydrogens (tertiary/aromatic N) is 4. The number of fused-ring (bicyclic) bond motifs is 1. The van der Waals surface area contributed by atoms with E-state index in [-0.39, 0.29) is 0 Å². The van der Waals surface area contributed by atoms with Crippen molar-refractivity contribution in [1.29, 1.82) is 0 Å². The lowest BCUT2D eigenvalue weighted by molar-refractivity contribution is 0.418. The molecule has 2 heterocycles. The molecule has 130 valence electrons. The second-order valence-electron chi connectivity index (χ2n) is 4.35. The van der Waals surface area contributed by atoms with Crippen molar-refractivity contribution in [3.63, 3.8) is 0 Å². The summed E-state index contributed by atoms with van der Waals surface area (Å²) in [5.74, 6) is 3.52. The summed E-state index contributed by atoms with van der Waals surface area (Å²) in [4.78, 5) is 0. The van der Waals surface area contributed by atoms with Crippen LogP contribution in [0, 0.1) is 12.3 Å². The largest absolute Gasteiger partial charge is 0.192 e. The number of hydrogen-bond donors (Lipinski definition) is 0. The second-order valence-corrected chi connectivity index (χ2v) is 4.70. The number of aromatic nitrogens is 4. The standard InChI is InChI=1S/C13H11ClN4.2C2H6.C2H4/c1-2-3-7-11-15-16-12-8-10(9-5-4-6-9)13(14)17-18(11)12;3*1-2/h1,3,7-9H,4-6H2;2*1-2H3;1-2H2/b7-3+;;;. The Balaban J connectivity index is 0.000000798. The molecule has 2 aromatic rings. The monoisotopic (exact) mass is 346 g/mol. The summed E-state index contributed by atoms with van der Waals surface area (Å²) in [6, 6.07) is 1.97. The van der Waals surface area contributed by atoms with E-state index in [1.165, 1.54) is 19.3 Å². The predicted octanol–water partition coefficient (Wildman–Crippen LogP) is 5.55. The number of hydrogen-bond acceptors (Lipinski definition) is 3. The van der Waals surface area contributed by atoms with Crippen molar-refractivity contribution in [2.24, 2.45) is 0 Å². The predicted molar refractivity (Wildman–Crippen MR) is 104 cm³/mol. The molecular formula is C19H27ClN4. The summed E-state index contributed by atoms with van der Waals surface area (Å²) in [6.45, 7) is 14.0. The molecule has 1 aliphatic carbocycles. The van der Waals surface area contributed by atoms with Gasteiger partial charge in [-0.2, -0.15) is 9.61 Å². The van der Waals surface area contributed by atoms with Gasteiger partial charge in [-0.25, -0.2) is 0 Å². The van der Waals surface area contributed by atoms with Crippen LogP contribution in [0.25, 0.3) is 11.7 Å². The van der Waals surface area contributed by atoms with Crippen LogP contribution >= 0.6 is 11.6 Å². The molecule has 1 saturated carbocycles. The van der Waals surface area contributed by atoms with Crippen LogP contribution in [-0.2, 0) is 0 Å². The zero-order chi connectivity index (χ0) is 18.5. The van der Waals surface area contributed by atoms with Crippen LogP contribution in [0.4, 0.5) is 0 Å². The molecule has 0 atom stereocenters. The molecule has 0 N–H and O–H groups in total. The fraction of sp³-hybridized carbons (Fsp3) is 0.421. The molecule has 24 heavy (non-hydrogen) atoms. The zero-order valence-electron chi connectivity index (χ0n) is 15.1. The van der Waals surface area contributed by atoms with E-state index in [9.17, 15) is 0 Å². The van der Waals surface area contributed by atoms with Crippen LogP contribution in [0.1, 0.15) is 64.3 Å². The Hall–Kier alpha value is -2.12. The van der Waals surface area contributed by atoms with Crippen molar-refractivity contribution in [2.45, 2.75) is 52.9 Å². The normalized spacial score (nSPS) is 12.7. The summed E-state index contributed by atoms with van der Waals surface area (Å²) in [5, 5.41) is 13.0. The van der Waals surface area contributed by atoms with Gasteiger partial charge in [0.2, 0.25) is 0 Å². The Morgan fingerprint density at radius 3 is 2.38 bits per heavy atom. The molecule has 0 radical (unpaired) electrons. The van der Waals surface area contributed by atoms with Crippen LogP contribution in [0.2, 0.25) is 5.15 Å². The van der Waals surface area contributed by atoms with Crippen molar-refractivity contribution >= 4 is 23.3 Å². The summed E-state index contributed by atoms with van der Waals surface area (Å²) in [6.07, 6.45) is 12.0. The highest BCUT2D eigenvalue weighted by molar-refractivity contribution is 6.30. The van der Waals surface area contributed by atoms with Gasteiger partial charge >= 0.3 is 0 Å². The minimum atomic E-state index is 0.524. The van der Waals surface area contributed by atoms with Crippen molar-refractivity contribution in [2.75, 3.05) is 0 Å². The fourth-order valence-electron chi connectivity index (χ4n) is 2.07. The van der Waals surface area contributed by atoms with Gasteiger partial charge in [-0.05, 0) is 42.5 Å². The molecule has 4 nitrogen and oxygen atoms in total. The van der Waals surface area contributed by atoms with Crippen molar-refractivity contribution < 1.29 is 0 Å². The van der Waals surface area contributed by atoms with Crippen LogP contribution in [0.3, 0.4) is 0 Å². The molecule has 0 bridgehead atoms. The molecule has 0 aliphatic heterocycles. The van der Waals surface area contributed by atoms with E-state index < -0.39 is 0 Å². The van der Waals surface area contributed by atoms with E-state index in [2.05, 4.69) is 34.4 Å². The Morgan fingerprint density at radius 2 is 1.88 bits per heavy atom. The van der Waals surface area contributed by atoms with Gasteiger partial charge in [-0.1, -0.05) is 51.6 Å². The Morgan fingerprint density at radius 1 is 1.25 bits per heavy atom. The van der Waals surface area contributed by atoms with E-state index in [0.29, 0.717) is 22.5 Å². The molecule has 0 aromatic carbocycles. The molecular weight excluding hydrogens is 320 g/mol. The minimum absolute atomic E-state index is 0.524. The quantitative estimate of drug-likeness (QED) is 0.529. The molecule has 0 spiro atoms. The first kappa shape index (κ1) is 21.9. The van der Waals surface area contributed by atoms with Gasteiger partial charge in [-0.15, -0.1) is 29.8 Å². The highest BCUT2D eigenvalue weighted by Gasteiger charge is 2.23. The SMILES string of the molecule is C#C/C=C/c1nnc2cc(C3CCC3)c(Cl)nn12.C=C.CC.CC. The van der Waals surface area contributed by atoms with Crippen molar-refractivity contribution in [1.82, 2.24) is 19.8 Å². The Kier molecular flexibility index (Phi) is 11.2. The lowest BCUT2D eigenvalue weighted by atomic mass is 9.81. The van der Waals surface area contributed by atoms with E-state index in [4.69, 9.17) is 18.0 Å². The first-order chi connectivity index (χ1) is 11.8. The van der Waals surface area contributed by atoms with E-state index in [1.807, 2.05) is 33.8 Å². The molecule has 1 fully saturated rings. The third-order valence-electron chi connectivity index (χ3n) is 3.27. The van der Waals surface area contributed by atoms with Crippen LogP contribution < -0.4 is 0 Å². The first-order valence-corrected chi connectivity index (χ1v) is 8.72. The van der Waals surface area contributed by atoms with Crippen molar-refractivity contribution in [3.05, 3.63) is 41.8 Å². The third kappa shape index (κ3) is 5.21. The van der Waals surface area contributed by atoms with E-state index in [1.54, 1.807) is 16.7 Å². The first-order valence-electron chi connectivity index (χ1n) is 8.34. The maximum Gasteiger partial charge on any atom is 0.178 e. The average Bonchev–Trinajstić information content (AvgIpc) is 2.99. The summed E-state index contributed by atoms with van der Waals surface area (Å²) in [5.41, 5.74) is 1.79. The molecule has 0 amide bonds. The number of allylic oxidation sites excluding steroid dienone is 1. The van der Waals surface area contributed by atoms with Gasteiger partial charge in [0, 0.05) is 0 Å². The van der Waals surface area contributed by atoms with Gasteiger partial charge in [0.25, 0.3) is 0 Å². The highest BCUT2D eigenvalue weighted by atomic mass is 35.5. The summed E-state index contributed by atoms with van der Waals surface area (Å²) >= 11 is 6.22. The van der Waals surface area contributed by atoms with Gasteiger partial charge in [0.15, 0.2) is 16.6 Å². The summed E-state index contributed by atoms with van der Waals surface area (Å²) in [7, 11) is 0. The van der Waals surface area contributed by atoms with Gasteiger partial charge in [0.1, 0.15) is 0 Å². The molecule has 0 saturated heterocycles. The van der Waals surface area contributed by atoms with E-state index >= 15 is 0 Å². The van der Waals surface area contributed by atoms with Crippen LogP contribution in [-0.4, -0.2) is 19.8 Å². The smallest absolute Gasteiger partial charge is 0.178 e. The van der Waals surface area contributed by atoms with Gasteiger partial charge < -0.3 is 0 Å². The number of halogens is 1. The zero-order valence-corrected chi connectivity index (χ0v) is 15.8. The maximum atomic E-state index is 6.22. The molecule has 5 heteroatoms. The van der Waals surface area contributed by atoms with Gasteiger partial charge in [-0.3, -0.25) is 0 Å². The van der Waals surface area contributed by atoms with E-state index in [0.717, 1.165) is 5.56 Å².